The van der Waals surface area contributed by atoms with Crippen molar-refractivity contribution in [3.8, 4) is 5.75 Å². The molecular weight excluding hydrogens is 324 g/mol. The minimum Gasteiger partial charge on any atom is -0.490 e. The highest BCUT2D eigenvalue weighted by molar-refractivity contribution is 9.10. The predicted molar refractivity (Wildman–Crippen MR) is 80.7 cm³/mol. The lowest BCUT2D eigenvalue weighted by atomic mass is 10.2. The number of benzene rings is 1. The van der Waals surface area contributed by atoms with E-state index in [0.29, 0.717) is 24.3 Å². The molecule has 0 aliphatic rings. The van der Waals surface area contributed by atoms with E-state index >= 15 is 0 Å². The zero-order valence-electron chi connectivity index (χ0n) is 11.6. The highest BCUT2D eigenvalue weighted by Gasteiger charge is 2.13. The number of carbonyl (C=O) groups is 2. The van der Waals surface area contributed by atoms with Gasteiger partial charge in [-0.1, -0.05) is 15.9 Å². The summed E-state index contributed by atoms with van der Waals surface area (Å²) in [5.74, 6) is -0.0638. The van der Waals surface area contributed by atoms with Gasteiger partial charge in [-0.3, -0.25) is 9.59 Å². The molecular formula is C14H19BrN2O3. The zero-order valence-corrected chi connectivity index (χ0v) is 13.2. The summed E-state index contributed by atoms with van der Waals surface area (Å²) < 4.78 is 6.47. The van der Waals surface area contributed by atoms with Gasteiger partial charge >= 0.3 is 0 Å². The second kappa shape index (κ2) is 7.89. The molecule has 1 aromatic carbocycles. The smallest absolute Gasteiger partial charge is 0.255 e. The van der Waals surface area contributed by atoms with Crippen molar-refractivity contribution in [3.05, 3.63) is 28.2 Å². The summed E-state index contributed by atoms with van der Waals surface area (Å²) in [6.07, 6.45) is 0.763. The van der Waals surface area contributed by atoms with Crippen molar-refractivity contribution in [1.29, 1.82) is 0 Å². The first-order valence-electron chi connectivity index (χ1n) is 6.43. The van der Waals surface area contributed by atoms with Gasteiger partial charge in [0.05, 0.1) is 11.7 Å². The molecule has 0 fully saturated rings. The Bertz CT molecular complexity index is 489. The summed E-state index contributed by atoms with van der Waals surface area (Å²) in [4.78, 5) is 22.7. The predicted octanol–water partition coefficient (Wildman–Crippen LogP) is 2.23. The molecule has 2 amide bonds. The van der Waals surface area contributed by atoms with Crippen LogP contribution in [0.4, 0.5) is 0 Å². The Morgan fingerprint density at radius 3 is 2.70 bits per heavy atom. The maximum atomic E-state index is 12.1. The van der Waals surface area contributed by atoms with Gasteiger partial charge in [-0.25, -0.2) is 0 Å². The number of amides is 2. The van der Waals surface area contributed by atoms with Crippen molar-refractivity contribution in [2.24, 2.45) is 5.73 Å². The van der Waals surface area contributed by atoms with Gasteiger partial charge in [0.15, 0.2) is 0 Å². The molecule has 0 bridgehead atoms. The summed E-state index contributed by atoms with van der Waals surface area (Å²) in [6.45, 7) is 4.20. The Hall–Kier alpha value is -1.56. The third-order valence-electron chi connectivity index (χ3n) is 2.44. The molecule has 0 aromatic heterocycles. The van der Waals surface area contributed by atoms with Gasteiger partial charge < -0.3 is 15.8 Å². The lowest BCUT2D eigenvalue weighted by molar-refractivity contribution is -0.118. The Kier molecular flexibility index (Phi) is 6.51. The number of halogens is 1. The van der Waals surface area contributed by atoms with Crippen LogP contribution in [0.3, 0.4) is 0 Å². The molecule has 0 saturated carbocycles. The fourth-order valence-corrected chi connectivity index (χ4v) is 1.94. The molecule has 3 N–H and O–H groups in total. The van der Waals surface area contributed by atoms with E-state index in [1.807, 2.05) is 13.8 Å². The van der Waals surface area contributed by atoms with E-state index in [1.54, 1.807) is 18.2 Å². The number of nitrogens with two attached hydrogens (primary N) is 1. The van der Waals surface area contributed by atoms with Crippen LogP contribution in [0, 0.1) is 0 Å². The first kappa shape index (κ1) is 16.5. The molecule has 0 unspecified atom stereocenters. The van der Waals surface area contributed by atoms with Crippen LogP contribution in [0.25, 0.3) is 0 Å². The number of hydrogen-bond acceptors (Lipinski definition) is 3. The van der Waals surface area contributed by atoms with Gasteiger partial charge in [0.2, 0.25) is 5.91 Å². The highest BCUT2D eigenvalue weighted by Crippen LogP contribution is 2.24. The van der Waals surface area contributed by atoms with Crippen molar-refractivity contribution >= 4 is 27.7 Å². The Morgan fingerprint density at radius 1 is 1.40 bits per heavy atom. The topological polar surface area (TPSA) is 81.4 Å². The average molecular weight is 343 g/mol. The van der Waals surface area contributed by atoms with E-state index in [0.717, 1.165) is 4.47 Å². The molecule has 110 valence electrons. The first-order valence-corrected chi connectivity index (χ1v) is 7.22. The maximum Gasteiger partial charge on any atom is 0.255 e. The molecule has 1 rings (SSSR count). The number of rotatable bonds is 7. The number of primary amides is 1. The highest BCUT2D eigenvalue weighted by atomic mass is 79.9. The molecule has 5 nitrogen and oxygen atoms in total. The van der Waals surface area contributed by atoms with E-state index in [4.69, 9.17) is 10.5 Å². The van der Waals surface area contributed by atoms with E-state index in [-0.39, 0.29) is 24.3 Å². The normalized spacial score (nSPS) is 10.4. The van der Waals surface area contributed by atoms with E-state index in [2.05, 4.69) is 21.2 Å². The second-order valence-electron chi connectivity index (χ2n) is 4.63. The number of nitrogens with one attached hydrogen (secondary N) is 1. The second-order valence-corrected chi connectivity index (χ2v) is 5.55. The van der Waals surface area contributed by atoms with E-state index in [1.165, 1.54) is 0 Å². The van der Waals surface area contributed by atoms with Crippen LogP contribution < -0.4 is 15.8 Å². The molecule has 0 atom stereocenters. The Labute approximate surface area is 127 Å². The lowest BCUT2D eigenvalue weighted by Gasteiger charge is -2.14. The largest absolute Gasteiger partial charge is 0.490 e. The van der Waals surface area contributed by atoms with Crippen LogP contribution >= 0.6 is 15.9 Å². The first-order chi connectivity index (χ1) is 9.40. The zero-order chi connectivity index (χ0) is 15.1. The number of ether oxygens (including phenoxy) is 1. The molecule has 20 heavy (non-hydrogen) atoms. The van der Waals surface area contributed by atoms with Crippen LogP contribution in [-0.4, -0.2) is 24.5 Å². The fraction of sp³-hybridized carbons (Fsp3) is 0.429. The lowest BCUT2D eigenvalue weighted by Crippen LogP contribution is -2.26. The standard InChI is InChI=1S/C14H19BrN2O3/c1-9(2)20-12-8-10(15)5-6-11(12)14(19)17-7-3-4-13(16)18/h5-6,8-9H,3-4,7H2,1-2H3,(H2,16,18)(H,17,19). The SMILES string of the molecule is CC(C)Oc1cc(Br)ccc1C(=O)NCCCC(N)=O. The van der Waals surface area contributed by atoms with Crippen molar-refractivity contribution in [1.82, 2.24) is 5.32 Å². The van der Waals surface area contributed by atoms with Crippen LogP contribution in [-0.2, 0) is 4.79 Å². The van der Waals surface area contributed by atoms with Crippen molar-refractivity contribution in [2.75, 3.05) is 6.54 Å². The summed E-state index contributed by atoms with van der Waals surface area (Å²) in [7, 11) is 0. The van der Waals surface area contributed by atoms with E-state index < -0.39 is 0 Å². The third kappa shape index (κ3) is 5.61. The third-order valence-corrected chi connectivity index (χ3v) is 2.93. The van der Waals surface area contributed by atoms with Gasteiger partial charge in [0, 0.05) is 17.4 Å². The van der Waals surface area contributed by atoms with Crippen molar-refractivity contribution < 1.29 is 14.3 Å². The van der Waals surface area contributed by atoms with Crippen LogP contribution in [0.1, 0.15) is 37.0 Å². The molecule has 0 aliphatic carbocycles. The minimum absolute atomic E-state index is 0.0225. The maximum absolute atomic E-state index is 12.1. The molecule has 0 saturated heterocycles. The molecule has 0 spiro atoms. The van der Waals surface area contributed by atoms with Gasteiger partial charge in [-0.2, -0.15) is 0 Å². The minimum atomic E-state index is -0.369. The summed E-state index contributed by atoms with van der Waals surface area (Å²) in [5, 5.41) is 2.75. The number of carbonyl (C=O) groups excluding carboxylic acids is 2. The molecule has 0 radical (unpaired) electrons. The molecule has 1 aromatic rings. The van der Waals surface area contributed by atoms with E-state index in [9.17, 15) is 9.59 Å². The van der Waals surface area contributed by atoms with Crippen molar-refractivity contribution in [3.63, 3.8) is 0 Å². The van der Waals surface area contributed by atoms with Crippen LogP contribution in [0.15, 0.2) is 22.7 Å². The molecule has 0 heterocycles. The Balaban J connectivity index is 2.69. The monoisotopic (exact) mass is 342 g/mol. The van der Waals surface area contributed by atoms with Gasteiger partial charge in [-0.15, -0.1) is 0 Å². The quantitative estimate of drug-likeness (QED) is 0.745. The summed E-state index contributed by atoms with van der Waals surface area (Å²) >= 11 is 3.35. The molecule has 0 aliphatic heterocycles. The fourth-order valence-electron chi connectivity index (χ4n) is 1.59. The van der Waals surface area contributed by atoms with Gasteiger partial charge in [0.1, 0.15) is 5.75 Å². The van der Waals surface area contributed by atoms with Gasteiger partial charge in [0.25, 0.3) is 5.91 Å². The summed E-state index contributed by atoms with van der Waals surface area (Å²) in [5.41, 5.74) is 5.51. The van der Waals surface area contributed by atoms with Gasteiger partial charge in [-0.05, 0) is 38.5 Å². The van der Waals surface area contributed by atoms with Crippen molar-refractivity contribution in [2.45, 2.75) is 32.8 Å². The number of hydrogen-bond donors (Lipinski definition) is 2. The summed E-state index contributed by atoms with van der Waals surface area (Å²) in [6, 6.07) is 5.25. The van der Waals surface area contributed by atoms with Crippen LogP contribution in [0.5, 0.6) is 5.75 Å². The Morgan fingerprint density at radius 2 is 2.10 bits per heavy atom. The molecule has 6 heteroatoms. The van der Waals surface area contributed by atoms with Crippen LogP contribution in [0.2, 0.25) is 0 Å². The average Bonchev–Trinajstić information content (AvgIpc) is 2.33.